The van der Waals surface area contributed by atoms with Gasteiger partial charge in [0.15, 0.2) is 0 Å². The van der Waals surface area contributed by atoms with Crippen LogP contribution < -0.4 is 0 Å². The Hall–Kier alpha value is -2.24. The van der Waals surface area contributed by atoms with E-state index in [1.165, 1.54) is 36.8 Å². The lowest BCUT2D eigenvalue weighted by Crippen LogP contribution is -2.08. The van der Waals surface area contributed by atoms with Crippen LogP contribution >= 0.6 is 31.9 Å². The van der Waals surface area contributed by atoms with Crippen LogP contribution in [0.25, 0.3) is 0 Å². The average molecular weight is 634 g/mol. The van der Waals surface area contributed by atoms with Crippen LogP contribution in [-0.2, 0) is 33.6 Å². The minimum atomic E-state index is -0.691. The van der Waals surface area contributed by atoms with E-state index in [2.05, 4.69) is 77.0 Å². The van der Waals surface area contributed by atoms with Crippen molar-refractivity contribution < 1.29 is 5.11 Å². The summed E-state index contributed by atoms with van der Waals surface area (Å²) in [7, 11) is 3.77. The summed E-state index contributed by atoms with van der Waals surface area (Å²) in [5, 5.41) is 27.6. The molecule has 6 rings (SSSR count). The van der Waals surface area contributed by atoms with E-state index in [4.69, 9.17) is 0 Å². The average Bonchev–Trinajstić information content (AvgIpc) is 3.41. The Labute approximate surface area is 234 Å². The van der Waals surface area contributed by atoms with E-state index in [1.807, 2.05) is 48.2 Å². The molecule has 0 saturated heterocycles. The number of nitrogens with zero attached hydrogens (tertiary/aromatic N) is 8. The Balaban J connectivity index is 0.000000152. The largest absolute Gasteiger partial charge is 0.383 e. The summed E-state index contributed by atoms with van der Waals surface area (Å²) in [6.07, 6.45) is 17.0. The molecule has 2 aliphatic carbocycles. The summed E-state index contributed by atoms with van der Waals surface area (Å²) in [5.74, 6) is 0. The molecule has 11 heteroatoms. The van der Waals surface area contributed by atoms with Crippen molar-refractivity contribution in [3.8, 4) is 0 Å². The van der Waals surface area contributed by atoms with Crippen LogP contribution in [0.1, 0.15) is 67.9 Å². The van der Waals surface area contributed by atoms with Crippen LogP contribution in [0, 0.1) is 10.8 Å². The molecule has 1 atom stereocenters. The van der Waals surface area contributed by atoms with Gasteiger partial charge in [-0.3, -0.25) is 18.7 Å². The fraction of sp³-hybridized carbons (Fsp3) is 0.538. The van der Waals surface area contributed by atoms with Gasteiger partial charge in [0.2, 0.25) is 0 Å². The molecule has 0 aliphatic heterocycles. The molecule has 0 spiro atoms. The van der Waals surface area contributed by atoms with Crippen molar-refractivity contribution >= 4 is 31.9 Å². The third-order valence-electron chi connectivity index (χ3n) is 7.30. The van der Waals surface area contributed by atoms with Gasteiger partial charge in [-0.1, -0.05) is 13.8 Å². The molecule has 9 nitrogen and oxygen atoms in total. The van der Waals surface area contributed by atoms with Gasteiger partial charge in [-0.25, -0.2) is 0 Å². The summed E-state index contributed by atoms with van der Waals surface area (Å²) in [4.78, 5) is 0. The highest BCUT2D eigenvalue weighted by Gasteiger charge is 2.38. The van der Waals surface area contributed by atoms with Crippen LogP contribution in [0.5, 0.6) is 0 Å². The van der Waals surface area contributed by atoms with Gasteiger partial charge < -0.3 is 5.11 Å². The van der Waals surface area contributed by atoms with Crippen LogP contribution in [0.2, 0.25) is 0 Å². The molecule has 198 valence electrons. The van der Waals surface area contributed by atoms with Gasteiger partial charge in [0.1, 0.15) is 15.3 Å². The Morgan fingerprint density at radius 3 is 1.95 bits per heavy atom. The Kier molecular flexibility index (Phi) is 7.23. The Morgan fingerprint density at radius 2 is 1.41 bits per heavy atom. The molecule has 4 heterocycles. The number of hydrogen-bond donors (Lipinski definition) is 1. The summed E-state index contributed by atoms with van der Waals surface area (Å²) >= 11 is 6.84. The first kappa shape index (κ1) is 26.4. The second kappa shape index (κ2) is 10.1. The molecule has 2 aliphatic rings. The molecular weight excluding hydrogens is 600 g/mol. The van der Waals surface area contributed by atoms with Gasteiger partial charge in [-0.15, -0.1) is 0 Å². The van der Waals surface area contributed by atoms with Gasteiger partial charge in [0.25, 0.3) is 0 Å². The van der Waals surface area contributed by atoms with Crippen molar-refractivity contribution in [2.45, 2.75) is 65.1 Å². The molecule has 2 saturated carbocycles. The second-order valence-corrected chi connectivity index (χ2v) is 12.9. The van der Waals surface area contributed by atoms with Crippen molar-refractivity contribution in [3.63, 3.8) is 0 Å². The van der Waals surface area contributed by atoms with Crippen LogP contribution in [-0.4, -0.2) is 44.2 Å². The van der Waals surface area contributed by atoms with E-state index >= 15 is 0 Å². The molecular formula is C26H34Br2N8O. The number of aryl methyl sites for hydroxylation is 2. The fourth-order valence-electron chi connectivity index (χ4n) is 4.41. The highest BCUT2D eigenvalue weighted by Crippen LogP contribution is 2.47. The number of aliphatic hydroxyl groups excluding tert-OH is 1. The standard InChI is InChI=1S/C13H17BrN4O.C13H17BrN4/c1-13(3-4-13)8-18-6-9(5-15-18)11(19)10-7-17(2)16-12(10)14;1-13(3-4-13)9-18-7-10(6-15-18)5-11-8-17(2)16-12(11)14/h5-7,11,19H,3-4,8H2,1-2H3;6-8H,3-5,9H2,1-2H3. The monoisotopic (exact) mass is 632 g/mol. The number of rotatable bonds is 8. The topological polar surface area (TPSA) is 91.5 Å². The van der Waals surface area contributed by atoms with Crippen LogP contribution in [0.4, 0.5) is 0 Å². The molecule has 2 fully saturated rings. The number of hydrogen-bond acceptors (Lipinski definition) is 5. The minimum absolute atomic E-state index is 0.406. The molecule has 1 unspecified atom stereocenters. The Morgan fingerprint density at radius 1 is 0.838 bits per heavy atom. The predicted molar refractivity (Wildman–Crippen MR) is 148 cm³/mol. The van der Waals surface area contributed by atoms with E-state index in [0.29, 0.717) is 15.4 Å². The van der Waals surface area contributed by atoms with E-state index in [9.17, 15) is 5.11 Å². The van der Waals surface area contributed by atoms with E-state index in [0.717, 1.165) is 35.2 Å². The van der Waals surface area contributed by atoms with Crippen molar-refractivity contribution in [2.75, 3.05) is 0 Å². The second-order valence-electron chi connectivity index (χ2n) is 11.4. The van der Waals surface area contributed by atoms with Gasteiger partial charge in [-0.05, 0) is 73.9 Å². The van der Waals surface area contributed by atoms with Crippen LogP contribution in [0.3, 0.4) is 0 Å². The summed E-state index contributed by atoms with van der Waals surface area (Å²) in [6, 6.07) is 0. The molecule has 37 heavy (non-hydrogen) atoms. The molecule has 0 bridgehead atoms. The summed E-state index contributed by atoms with van der Waals surface area (Å²) in [6.45, 7) is 6.56. The zero-order chi connectivity index (χ0) is 26.4. The minimum Gasteiger partial charge on any atom is -0.383 e. The van der Waals surface area contributed by atoms with Crippen LogP contribution in [0.15, 0.2) is 46.4 Å². The Bertz CT molecular complexity index is 1370. The highest BCUT2D eigenvalue weighted by atomic mass is 79.9. The zero-order valence-electron chi connectivity index (χ0n) is 21.8. The molecule has 0 amide bonds. The molecule has 0 aromatic carbocycles. The SMILES string of the molecule is Cn1cc(C(O)c2cnn(CC3(C)CC3)c2)c(Br)n1.Cn1cc(Cc2cnn(CC3(C)CC3)c2)c(Br)n1. The van der Waals surface area contributed by atoms with E-state index in [1.54, 1.807) is 10.9 Å². The lowest BCUT2D eigenvalue weighted by Gasteiger charge is -2.08. The zero-order valence-corrected chi connectivity index (χ0v) is 24.9. The fourth-order valence-corrected chi connectivity index (χ4v) is 5.47. The lowest BCUT2D eigenvalue weighted by molar-refractivity contribution is 0.219. The maximum Gasteiger partial charge on any atom is 0.134 e. The maximum atomic E-state index is 10.4. The van der Waals surface area contributed by atoms with Gasteiger partial charge in [0, 0.05) is 75.1 Å². The number of aromatic nitrogens is 8. The highest BCUT2D eigenvalue weighted by molar-refractivity contribution is 9.10. The molecule has 0 radical (unpaired) electrons. The van der Waals surface area contributed by atoms with Gasteiger partial charge in [-0.2, -0.15) is 20.4 Å². The van der Waals surface area contributed by atoms with Gasteiger partial charge >= 0.3 is 0 Å². The van der Waals surface area contributed by atoms with Gasteiger partial charge in [0.05, 0.1) is 12.4 Å². The van der Waals surface area contributed by atoms with E-state index < -0.39 is 6.10 Å². The van der Waals surface area contributed by atoms with Crippen molar-refractivity contribution in [3.05, 3.63) is 68.6 Å². The molecule has 1 N–H and O–H groups in total. The number of halogens is 2. The van der Waals surface area contributed by atoms with Crippen molar-refractivity contribution in [2.24, 2.45) is 24.9 Å². The number of aliphatic hydroxyl groups is 1. The lowest BCUT2D eigenvalue weighted by atomic mass is 10.1. The van der Waals surface area contributed by atoms with Crippen molar-refractivity contribution in [1.82, 2.24) is 39.1 Å². The maximum absolute atomic E-state index is 10.4. The smallest absolute Gasteiger partial charge is 0.134 e. The first-order valence-corrected chi connectivity index (χ1v) is 14.2. The quantitative estimate of drug-likeness (QED) is 0.294. The predicted octanol–water partition coefficient (Wildman–Crippen LogP) is 5.03. The van der Waals surface area contributed by atoms with Crippen molar-refractivity contribution in [1.29, 1.82) is 0 Å². The summed E-state index contributed by atoms with van der Waals surface area (Å²) in [5.41, 5.74) is 4.92. The third-order valence-corrected chi connectivity index (χ3v) is 8.59. The normalized spacial score (nSPS) is 17.8. The first-order valence-electron chi connectivity index (χ1n) is 12.6. The molecule has 4 aromatic heterocycles. The van der Waals surface area contributed by atoms with E-state index in [-0.39, 0.29) is 0 Å². The first-order chi connectivity index (χ1) is 17.5. The molecule has 4 aromatic rings. The third kappa shape index (κ3) is 6.61. The summed E-state index contributed by atoms with van der Waals surface area (Å²) < 4.78 is 9.10.